The number of hydrogen-bond donors (Lipinski definition) is 0. The van der Waals surface area contributed by atoms with E-state index < -0.39 is 11.9 Å². The molecular weight excluding hydrogens is 538 g/mol. The minimum Gasteiger partial charge on any atom is -0.344 e. The fourth-order valence-electron chi connectivity index (χ4n) is 3.35. The molecule has 3 aromatic rings. The summed E-state index contributed by atoms with van der Waals surface area (Å²) in [6, 6.07) is 6.01. The van der Waals surface area contributed by atoms with E-state index in [9.17, 15) is 22.8 Å². The normalized spacial score (nSPS) is 11.6. The maximum atomic E-state index is 12.8. The van der Waals surface area contributed by atoms with Crippen LogP contribution in [0.1, 0.15) is 38.9 Å². The van der Waals surface area contributed by atoms with Crippen LogP contribution in [0.3, 0.4) is 0 Å². The van der Waals surface area contributed by atoms with Crippen LogP contribution in [0, 0.1) is 6.92 Å². The third-order valence-electron chi connectivity index (χ3n) is 5.41. The van der Waals surface area contributed by atoms with Gasteiger partial charge in [0.15, 0.2) is 5.69 Å². The van der Waals surface area contributed by atoms with Gasteiger partial charge in [-0.3, -0.25) is 14.3 Å². The van der Waals surface area contributed by atoms with Gasteiger partial charge in [0.05, 0.1) is 5.01 Å². The summed E-state index contributed by atoms with van der Waals surface area (Å²) in [6.45, 7) is 1.87. The summed E-state index contributed by atoms with van der Waals surface area (Å²) in [6.07, 6.45) is -3.44. The van der Waals surface area contributed by atoms with Gasteiger partial charge in [-0.15, -0.1) is 11.3 Å². The first-order valence-corrected chi connectivity index (χ1v) is 12.5. The highest BCUT2D eigenvalue weighted by molar-refractivity contribution is 7.09. The van der Waals surface area contributed by atoms with Crippen molar-refractivity contribution >= 4 is 46.4 Å². The van der Waals surface area contributed by atoms with Crippen molar-refractivity contribution in [2.24, 2.45) is 0 Å². The van der Waals surface area contributed by atoms with Crippen LogP contribution >= 0.6 is 34.5 Å². The molecule has 0 unspecified atom stereocenters. The Morgan fingerprint density at radius 1 is 1.14 bits per heavy atom. The van der Waals surface area contributed by atoms with Gasteiger partial charge in [0.25, 0.3) is 5.91 Å². The van der Waals surface area contributed by atoms with Crippen molar-refractivity contribution in [1.29, 1.82) is 0 Å². The van der Waals surface area contributed by atoms with E-state index in [1.54, 1.807) is 37.7 Å². The van der Waals surface area contributed by atoms with Crippen molar-refractivity contribution < 1.29 is 22.8 Å². The lowest BCUT2D eigenvalue weighted by atomic mass is 10.2. The van der Waals surface area contributed by atoms with E-state index in [0.29, 0.717) is 41.7 Å². The number of carbonyl (C=O) groups excluding carboxylic acids is 2. The first-order chi connectivity index (χ1) is 16.8. The second-order valence-corrected chi connectivity index (χ2v) is 10.1. The number of thiazole rings is 1. The second-order valence-electron chi connectivity index (χ2n) is 8.27. The molecule has 7 nitrogen and oxygen atoms in total. The number of halogens is 5. The number of likely N-dealkylation sites (N-methyl/N-ethyl adjacent to an activating group) is 1. The maximum Gasteiger partial charge on any atom is 0.435 e. The molecule has 3 rings (SSSR count). The Morgan fingerprint density at radius 3 is 2.50 bits per heavy atom. The number of carbonyl (C=O) groups is 2. The number of aromatic nitrogens is 3. The van der Waals surface area contributed by atoms with Gasteiger partial charge in [0.2, 0.25) is 5.91 Å². The highest BCUT2D eigenvalue weighted by Crippen LogP contribution is 2.28. The molecule has 1 aromatic carbocycles. The van der Waals surface area contributed by atoms with Crippen molar-refractivity contribution in [3.63, 3.8) is 0 Å². The van der Waals surface area contributed by atoms with Crippen LogP contribution in [0.15, 0.2) is 29.6 Å². The molecule has 0 bridgehead atoms. The number of nitrogens with zero attached hydrogens (tertiary/aromatic N) is 5. The first-order valence-electron chi connectivity index (χ1n) is 10.8. The largest absolute Gasteiger partial charge is 0.435 e. The van der Waals surface area contributed by atoms with Crippen molar-refractivity contribution in [3.05, 3.63) is 67.3 Å². The lowest BCUT2D eigenvalue weighted by molar-refractivity contribution is -0.142. The number of amides is 2. The fraction of sp³-hybridized carbons (Fsp3) is 0.391. The van der Waals surface area contributed by atoms with Crippen LogP contribution in [-0.2, 0) is 30.5 Å². The van der Waals surface area contributed by atoms with Gasteiger partial charge >= 0.3 is 6.18 Å². The Balaban J connectivity index is 1.49. The van der Waals surface area contributed by atoms with Crippen molar-refractivity contribution in [3.8, 4) is 0 Å². The van der Waals surface area contributed by atoms with E-state index >= 15 is 0 Å². The van der Waals surface area contributed by atoms with Crippen LogP contribution in [0.25, 0.3) is 0 Å². The molecule has 0 saturated heterocycles. The van der Waals surface area contributed by atoms with Gasteiger partial charge in [-0.1, -0.05) is 29.3 Å². The molecule has 0 spiro atoms. The lowest BCUT2D eigenvalue weighted by Crippen LogP contribution is -2.32. The van der Waals surface area contributed by atoms with Crippen molar-refractivity contribution in [1.82, 2.24) is 24.6 Å². The Bertz CT molecular complexity index is 1240. The number of rotatable bonds is 9. The summed E-state index contributed by atoms with van der Waals surface area (Å²) in [7, 11) is 3.24. The van der Waals surface area contributed by atoms with Crippen LogP contribution in [0.4, 0.5) is 13.2 Å². The molecule has 36 heavy (non-hydrogen) atoms. The molecule has 13 heteroatoms. The van der Waals surface area contributed by atoms with E-state index in [4.69, 9.17) is 23.2 Å². The number of hydrogen-bond acceptors (Lipinski definition) is 5. The second kappa shape index (κ2) is 11.6. The van der Waals surface area contributed by atoms with Gasteiger partial charge in [-0.2, -0.15) is 18.3 Å². The van der Waals surface area contributed by atoms with Gasteiger partial charge < -0.3 is 9.80 Å². The quantitative estimate of drug-likeness (QED) is 0.353. The Hall–Kier alpha value is -2.63. The number of benzene rings is 1. The highest BCUT2D eigenvalue weighted by atomic mass is 35.5. The molecule has 2 amide bonds. The molecule has 0 N–H and O–H groups in total. The molecule has 194 valence electrons. The maximum absolute atomic E-state index is 12.8. The van der Waals surface area contributed by atoms with E-state index in [-0.39, 0.29) is 24.1 Å². The minimum absolute atomic E-state index is 0.247. The molecule has 0 aliphatic carbocycles. The zero-order chi connectivity index (χ0) is 26.6. The highest BCUT2D eigenvalue weighted by Gasteiger charge is 2.34. The lowest BCUT2D eigenvalue weighted by Gasteiger charge is -2.17. The molecule has 0 radical (unpaired) electrons. The summed E-state index contributed by atoms with van der Waals surface area (Å²) in [4.78, 5) is 32.5. The predicted octanol–water partition coefficient (Wildman–Crippen LogP) is 5.34. The fourth-order valence-corrected chi connectivity index (χ4v) is 4.63. The van der Waals surface area contributed by atoms with E-state index in [0.717, 1.165) is 21.3 Å². The zero-order valence-electron chi connectivity index (χ0n) is 19.8. The van der Waals surface area contributed by atoms with Crippen LogP contribution in [0.5, 0.6) is 0 Å². The average Bonchev–Trinajstić information content (AvgIpc) is 3.41. The van der Waals surface area contributed by atoms with Gasteiger partial charge in [-0.05, 0) is 37.1 Å². The van der Waals surface area contributed by atoms with Crippen molar-refractivity contribution in [2.45, 2.75) is 39.0 Å². The smallest absolute Gasteiger partial charge is 0.344 e. The van der Waals surface area contributed by atoms with E-state index in [2.05, 4.69) is 10.1 Å². The average molecular weight is 562 g/mol. The predicted molar refractivity (Wildman–Crippen MR) is 132 cm³/mol. The van der Waals surface area contributed by atoms with Crippen LogP contribution in [0.2, 0.25) is 10.0 Å². The molecule has 0 atom stereocenters. The van der Waals surface area contributed by atoms with Gasteiger partial charge in [0.1, 0.15) is 12.2 Å². The minimum atomic E-state index is -4.56. The molecule has 0 aliphatic heterocycles. The summed E-state index contributed by atoms with van der Waals surface area (Å²) in [5, 5.41) is 6.91. The third kappa shape index (κ3) is 7.21. The Labute approximate surface area is 220 Å². The van der Waals surface area contributed by atoms with Crippen molar-refractivity contribution in [2.75, 3.05) is 20.6 Å². The summed E-state index contributed by atoms with van der Waals surface area (Å²) in [5.41, 5.74) is 0.320. The van der Waals surface area contributed by atoms with Gasteiger partial charge in [-0.25, -0.2) is 4.98 Å². The van der Waals surface area contributed by atoms with E-state index in [1.165, 1.54) is 28.1 Å². The van der Waals surface area contributed by atoms with Crippen LogP contribution in [-0.4, -0.2) is 57.0 Å². The molecule has 0 saturated carbocycles. The molecule has 0 fully saturated rings. The van der Waals surface area contributed by atoms with Gasteiger partial charge in [0, 0.05) is 54.7 Å². The number of alkyl halides is 3. The molecular formula is C23H24Cl2F3N5O2S. The summed E-state index contributed by atoms with van der Waals surface area (Å²) >= 11 is 13.5. The molecule has 2 aromatic heterocycles. The third-order valence-corrected chi connectivity index (χ3v) is 6.90. The first kappa shape index (κ1) is 27.9. The zero-order valence-corrected chi connectivity index (χ0v) is 22.1. The monoisotopic (exact) mass is 561 g/mol. The number of aryl methyl sites for hydroxylation is 2. The topological polar surface area (TPSA) is 71.3 Å². The Morgan fingerprint density at radius 2 is 1.86 bits per heavy atom. The van der Waals surface area contributed by atoms with Crippen LogP contribution < -0.4 is 0 Å². The SMILES string of the molecule is Cc1cc(C(F)(F)F)nn1CC(=O)N(C)CCCc1nc(C(=O)N(C)Cc2ccc(Cl)cc2Cl)cs1. The Kier molecular flexibility index (Phi) is 9.02. The summed E-state index contributed by atoms with van der Waals surface area (Å²) in [5.74, 6) is -0.601. The van der Waals surface area contributed by atoms with E-state index in [1.807, 2.05) is 0 Å². The standard InChI is InChI=1S/C23H24Cl2F3N5O2S/c1-14-9-19(23(26,27)28)30-33(14)12-21(34)31(2)8-4-5-20-29-18(13-36-20)22(35)32(3)11-15-6-7-16(24)10-17(15)25/h6-7,9-10,13H,4-5,8,11-12H2,1-3H3. The molecule has 2 heterocycles. The molecule has 0 aliphatic rings. The summed E-state index contributed by atoms with van der Waals surface area (Å²) < 4.78 is 39.5.